The molecule has 2 heterocycles. The van der Waals surface area contributed by atoms with Gasteiger partial charge in [-0.3, -0.25) is 9.78 Å². The van der Waals surface area contributed by atoms with E-state index in [1.54, 1.807) is 12.3 Å². The minimum Gasteiger partial charge on any atom is -0.352 e. The van der Waals surface area contributed by atoms with Gasteiger partial charge < -0.3 is 5.32 Å². The molecule has 0 aliphatic heterocycles. The maximum absolute atomic E-state index is 11.8. The van der Waals surface area contributed by atoms with Gasteiger partial charge in [0.25, 0.3) is 5.91 Å². The molecule has 5 heteroatoms. The van der Waals surface area contributed by atoms with E-state index in [9.17, 15) is 4.79 Å². The summed E-state index contributed by atoms with van der Waals surface area (Å²) in [5.41, 5.74) is 1.67. The lowest BCUT2D eigenvalue weighted by atomic mass is 10.2. The van der Waals surface area contributed by atoms with Gasteiger partial charge in [-0.25, -0.2) is 4.98 Å². The van der Waals surface area contributed by atoms with Crippen LogP contribution in [0.25, 0.3) is 0 Å². The standard InChI is InChI=1S/C14H12N4O/c15-9-13-5-4-11(10-18-13)14(19)17-8-6-12-3-1-2-7-16-12/h1-5,7,10H,6,8H2,(H,17,19). The van der Waals surface area contributed by atoms with Crippen molar-refractivity contribution in [2.45, 2.75) is 6.42 Å². The zero-order chi connectivity index (χ0) is 13.5. The SMILES string of the molecule is N#Cc1ccc(C(=O)NCCc2ccccn2)cn1. The van der Waals surface area contributed by atoms with E-state index in [0.29, 0.717) is 24.2 Å². The third-order valence-corrected chi connectivity index (χ3v) is 2.53. The lowest BCUT2D eigenvalue weighted by Crippen LogP contribution is -2.26. The van der Waals surface area contributed by atoms with Crippen LogP contribution >= 0.6 is 0 Å². The number of nitrogens with one attached hydrogen (secondary N) is 1. The van der Waals surface area contributed by atoms with Crippen molar-refractivity contribution in [2.75, 3.05) is 6.54 Å². The molecule has 2 rings (SSSR count). The Morgan fingerprint density at radius 1 is 1.26 bits per heavy atom. The van der Waals surface area contributed by atoms with Crippen molar-refractivity contribution in [1.29, 1.82) is 5.26 Å². The highest BCUT2D eigenvalue weighted by molar-refractivity contribution is 5.93. The van der Waals surface area contributed by atoms with Crippen LogP contribution in [0.5, 0.6) is 0 Å². The van der Waals surface area contributed by atoms with Crippen LogP contribution in [0.1, 0.15) is 21.7 Å². The smallest absolute Gasteiger partial charge is 0.252 e. The summed E-state index contributed by atoms with van der Waals surface area (Å²) in [5.74, 6) is -0.201. The molecule has 0 unspecified atom stereocenters. The average Bonchev–Trinajstić information content (AvgIpc) is 2.48. The van der Waals surface area contributed by atoms with Crippen molar-refractivity contribution >= 4 is 5.91 Å². The first-order valence-electron chi connectivity index (χ1n) is 5.84. The summed E-state index contributed by atoms with van der Waals surface area (Å²) in [6.45, 7) is 0.510. The van der Waals surface area contributed by atoms with Crippen molar-refractivity contribution < 1.29 is 4.79 Å². The largest absolute Gasteiger partial charge is 0.352 e. The van der Waals surface area contributed by atoms with E-state index in [4.69, 9.17) is 5.26 Å². The van der Waals surface area contributed by atoms with Gasteiger partial charge in [0, 0.05) is 31.1 Å². The average molecular weight is 252 g/mol. The first-order valence-corrected chi connectivity index (χ1v) is 5.84. The number of nitrogens with zero attached hydrogens (tertiary/aromatic N) is 3. The Bertz CT molecular complexity index is 587. The fourth-order valence-corrected chi connectivity index (χ4v) is 1.55. The first kappa shape index (κ1) is 12.7. The fraction of sp³-hybridized carbons (Fsp3) is 0.143. The zero-order valence-corrected chi connectivity index (χ0v) is 10.2. The van der Waals surface area contributed by atoms with E-state index in [1.165, 1.54) is 12.3 Å². The van der Waals surface area contributed by atoms with Gasteiger partial charge >= 0.3 is 0 Å². The summed E-state index contributed by atoms with van der Waals surface area (Å²) < 4.78 is 0. The van der Waals surface area contributed by atoms with E-state index >= 15 is 0 Å². The number of hydrogen-bond acceptors (Lipinski definition) is 4. The highest BCUT2D eigenvalue weighted by atomic mass is 16.1. The lowest BCUT2D eigenvalue weighted by Gasteiger charge is -2.04. The Morgan fingerprint density at radius 3 is 2.79 bits per heavy atom. The molecule has 0 spiro atoms. The fourth-order valence-electron chi connectivity index (χ4n) is 1.55. The molecule has 0 saturated carbocycles. The Labute approximate surface area is 110 Å². The summed E-state index contributed by atoms with van der Waals surface area (Å²) >= 11 is 0. The molecule has 0 fully saturated rings. The Kier molecular flexibility index (Phi) is 4.19. The molecule has 0 saturated heterocycles. The molecule has 94 valence electrons. The molecular weight excluding hydrogens is 240 g/mol. The number of aromatic nitrogens is 2. The van der Waals surface area contributed by atoms with Crippen molar-refractivity contribution in [3.05, 3.63) is 59.7 Å². The zero-order valence-electron chi connectivity index (χ0n) is 10.2. The second-order valence-electron chi connectivity index (χ2n) is 3.87. The third kappa shape index (κ3) is 3.61. The minimum atomic E-state index is -0.201. The van der Waals surface area contributed by atoms with Crippen LogP contribution in [0, 0.1) is 11.3 Å². The summed E-state index contributed by atoms with van der Waals surface area (Å²) in [7, 11) is 0. The molecule has 2 aromatic rings. The summed E-state index contributed by atoms with van der Waals surface area (Å²) in [6, 6.07) is 10.7. The normalized spacial score (nSPS) is 9.63. The Morgan fingerprint density at radius 2 is 2.16 bits per heavy atom. The van der Waals surface area contributed by atoms with Crippen LogP contribution in [0.4, 0.5) is 0 Å². The van der Waals surface area contributed by atoms with E-state index in [1.807, 2.05) is 24.3 Å². The molecule has 5 nitrogen and oxygen atoms in total. The molecule has 0 aromatic carbocycles. The van der Waals surface area contributed by atoms with Gasteiger partial charge in [0.15, 0.2) is 0 Å². The quantitative estimate of drug-likeness (QED) is 0.890. The number of nitriles is 1. The van der Waals surface area contributed by atoms with Gasteiger partial charge in [-0.05, 0) is 24.3 Å². The molecular formula is C14H12N4O. The van der Waals surface area contributed by atoms with Gasteiger partial charge in [-0.1, -0.05) is 6.07 Å². The molecule has 0 radical (unpaired) electrons. The van der Waals surface area contributed by atoms with Crippen molar-refractivity contribution in [3.8, 4) is 6.07 Å². The third-order valence-electron chi connectivity index (χ3n) is 2.53. The topological polar surface area (TPSA) is 78.7 Å². The van der Waals surface area contributed by atoms with Crippen molar-refractivity contribution in [1.82, 2.24) is 15.3 Å². The number of amides is 1. The molecule has 1 amide bonds. The number of carbonyl (C=O) groups is 1. The van der Waals surface area contributed by atoms with Gasteiger partial charge in [0.2, 0.25) is 0 Å². The van der Waals surface area contributed by atoms with Gasteiger partial charge in [0.05, 0.1) is 5.56 Å². The molecule has 0 aliphatic rings. The van der Waals surface area contributed by atoms with E-state index in [0.717, 1.165) is 5.69 Å². The van der Waals surface area contributed by atoms with E-state index in [2.05, 4.69) is 15.3 Å². The second kappa shape index (κ2) is 6.26. The van der Waals surface area contributed by atoms with Crippen LogP contribution < -0.4 is 5.32 Å². The van der Waals surface area contributed by atoms with Gasteiger partial charge in [-0.2, -0.15) is 5.26 Å². The molecule has 0 atom stereocenters. The molecule has 0 bridgehead atoms. The van der Waals surface area contributed by atoms with Crippen LogP contribution in [0.2, 0.25) is 0 Å². The molecule has 0 aliphatic carbocycles. The monoisotopic (exact) mass is 252 g/mol. The number of hydrogen-bond donors (Lipinski definition) is 1. The number of carbonyl (C=O) groups excluding carboxylic acids is 1. The highest BCUT2D eigenvalue weighted by Gasteiger charge is 2.05. The maximum Gasteiger partial charge on any atom is 0.252 e. The van der Waals surface area contributed by atoms with Crippen LogP contribution in [-0.2, 0) is 6.42 Å². The predicted octanol–water partition coefficient (Wildman–Crippen LogP) is 1.32. The summed E-state index contributed by atoms with van der Waals surface area (Å²) in [4.78, 5) is 19.8. The van der Waals surface area contributed by atoms with E-state index in [-0.39, 0.29) is 5.91 Å². The molecule has 2 aromatic heterocycles. The van der Waals surface area contributed by atoms with Gasteiger partial charge in [-0.15, -0.1) is 0 Å². The van der Waals surface area contributed by atoms with Gasteiger partial charge in [0.1, 0.15) is 11.8 Å². The Balaban J connectivity index is 1.86. The highest BCUT2D eigenvalue weighted by Crippen LogP contribution is 1.99. The van der Waals surface area contributed by atoms with E-state index < -0.39 is 0 Å². The van der Waals surface area contributed by atoms with Crippen LogP contribution in [0.15, 0.2) is 42.7 Å². The van der Waals surface area contributed by atoms with Crippen LogP contribution in [-0.4, -0.2) is 22.4 Å². The number of rotatable bonds is 4. The lowest BCUT2D eigenvalue weighted by molar-refractivity contribution is 0.0953. The van der Waals surface area contributed by atoms with Crippen molar-refractivity contribution in [2.24, 2.45) is 0 Å². The summed E-state index contributed by atoms with van der Waals surface area (Å²) in [5, 5.41) is 11.4. The van der Waals surface area contributed by atoms with Crippen LogP contribution in [0.3, 0.4) is 0 Å². The Hall–Kier alpha value is -2.74. The molecule has 1 N–H and O–H groups in total. The maximum atomic E-state index is 11.8. The predicted molar refractivity (Wildman–Crippen MR) is 69.2 cm³/mol. The van der Waals surface area contributed by atoms with Crippen molar-refractivity contribution in [3.63, 3.8) is 0 Å². The molecule has 19 heavy (non-hydrogen) atoms. The number of pyridine rings is 2. The first-order chi connectivity index (χ1) is 9.29. The minimum absolute atomic E-state index is 0.201. The summed E-state index contributed by atoms with van der Waals surface area (Å²) in [6.07, 6.45) is 3.80. The second-order valence-corrected chi connectivity index (χ2v) is 3.87.